The maximum absolute atomic E-state index is 12.4. The standard InChI is InChI=1S/C24H18O5/c1-16-2-6-19(7-3-16)24(26)29-20-10-8-18(9-11-20)21(25)12-4-17-5-13-22-23(14-17)28-15-27-22/h2-14H,15H2,1H3/b12-4+. The van der Waals surface area contributed by atoms with Gasteiger partial charge in [-0.2, -0.15) is 0 Å². The number of allylic oxidation sites excluding steroid dienone is 1. The molecule has 0 unspecified atom stereocenters. The van der Waals surface area contributed by atoms with Gasteiger partial charge in [-0.05, 0) is 67.1 Å². The van der Waals surface area contributed by atoms with Crippen LogP contribution in [0.1, 0.15) is 31.8 Å². The van der Waals surface area contributed by atoms with Gasteiger partial charge in [0.2, 0.25) is 6.79 Å². The van der Waals surface area contributed by atoms with Crippen molar-refractivity contribution in [1.29, 1.82) is 0 Å². The Morgan fingerprint density at radius 3 is 2.31 bits per heavy atom. The molecule has 0 amide bonds. The van der Waals surface area contributed by atoms with Crippen LogP contribution in [0.2, 0.25) is 0 Å². The number of esters is 1. The number of rotatable bonds is 5. The minimum Gasteiger partial charge on any atom is -0.454 e. The van der Waals surface area contributed by atoms with Crippen molar-refractivity contribution in [2.45, 2.75) is 6.92 Å². The summed E-state index contributed by atoms with van der Waals surface area (Å²) in [5, 5.41) is 0. The van der Waals surface area contributed by atoms with Gasteiger partial charge < -0.3 is 14.2 Å². The van der Waals surface area contributed by atoms with E-state index >= 15 is 0 Å². The first-order valence-corrected chi connectivity index (χ1v) is 9.09. The Kier molecular flexibility index (Phi) is 5.12. The Balaban J connectivity index is 1.40. The van der Waals surface area contributed by atoms with Crippen LogP contribution in [0, 0.1) is 6.92 Å². The first-order valence-electron chi connectivity index (χ1n) is 9.09. The Morgan fingerprint density at radius 1 is 0.862 bits per heavy atom. The molecule has 0 aliphatic carbocycles. The number of fused-ring (bicyclic) bond motifs is 1. The van der Waals surface area contributed by atoms with E-state index in [-0.39, 0.29) is 12.6 Å². The van der Waals surface area contributed by atoms with E-state index in [1.165, 1.54) is 6.08 Å². The molecular weight excluding hydrogens is 368 g/mol. The topological polar surface area (TPSA) is 61.8 Å². The molecule has 4 rings (SSSR count). The molecule has 0 spiro atoms. The fourth-order valence-electron chi connectivity index (χ4n) is 2.83. The first kappa shape index (κ1) is 18.5. The summed E-state index contributed by atoms with van der Waals surface area (Å²) in [5.41, 5.74) is 2.88. The summed E-state index contributed by atoms with van der Waals surface area (Å²) in [6.45, 7) is 2.16. The van der Waals surface area contributed by atoms with E-state index in [4.69, 9.17) is 14.2 Å². The smallest absolute Gasteiger partial charge is 0.343 e. The fourth-order valence-corrected chi connectivity index (χ4v) is 2.83. The van der Waals surface area contributed by atoms with E-state index in [9.17, 15) is 9.59 Å². The quantitative estimate of drug-likeness (QED) is 0.272. The van der Waals surface area contributed by atoms with Gasteiger partial charge in [-0.1, -0.05) is 29.8 Å². The highest BCUT2D eigenvalue weighted by Gasteiger charge is 2.13. The van der Waals surface area contributed by atoms with E-state index in [2.05, 4.69) is 0 Å². The Bertz CT molecular complexity index is 1080. The fraction of sp³-hybridized carbons (Fsp3) is 0.0833. The SMILES string of the molecule is Cc1ccc(C(=O)Oc2ccc(C(=O)/C=C/c3ccc4c(c3)OCO4)cc2)cc1. The molecule has 3 aromatic rings. The van der Waals surface area contributed by atoms with Crippen molar-refractivity contribution >= 4 is 17.8 Å². The zero-order valence-electron chi connectivity index (χ0n) is 15.8. The van der Waals surface area contributed by atoms with Crippen molar-refractivity contribution in [3.8, 4) is 17.2 Å². The molecule has 3 aromatic carbocycles. The van der Waals surface area contributed by atoms with Crippen molar-refractivity contribution in [2.75, 3.05) is 6.79 Å². The van der Waals surface area contributed by atoms with Gasteiger partial charge in [-0.25, -0.2) is 4.79 Å². The normalized spacial score (nSPS) is 12.2. The van der Waals surface area contributed by atoms with E-state index in [0.29, 0.717) is 28.4 Å². The van der Waals surface area contributed by atoms with Crippen molar-refractivity contribution in [1.82, 2.24) is 0 Å². The maximum Gasteiger partial charge on any atom is 0.343 e. The van der Waals surface area contributed by atoms with Crippen LogP contribution >= 0.6 is 0 Å². The van der Waals surface area contributed by atoms with Gasteiger partial charge >= 0.3 is 5.97 Å². The maximum atomic E-state index is 12.4. The van der Waals surface area contributed by atoms with Crippen LogP contribution < -0.4 is 14.2 Å². The molecular formula is C24H18O5. The number of aryl methyl sites for hydroxylation is 1. The average molecular weight is 386 g/mol. The van der Waals surface area contributed by atoms with Gasteiger partial charge in [0.15, 0.2) is 17.3 Å². The summed E-state index contributed by atoms with van der Waals surface area (Å²) in [5.74, 6) is 1.15. The molecule has 5 nitrogen and oxygen atoms in total. The Hall–Kier alpha value is -3.86. The number of ketones is 1. The summed E-state index contributed by atoms with van der Waals surface area (Å²) >= 11 is 0. The highest BCUT2D eigenvalue weighted by molar-refractivity contribution is 6.07. The number of hydrogen-bond acceptors (Lipinski definition) is 5. The monoisotopic (exact) mass is 386 g/mol. The van der Waals surface area contributed by atoms with Crippen molar-refractivity contribution in [3.05, 3.63) is 95.1 Å². The minimum absolute atomic E-state index is 0.154. The third kappa shape index (κ3) is 4.35. The van der Waals surface area contributed by atoms with Crippen molar-refractivity contribution in [2.24, 2.45) is 0 Å². The zero-order valence-corrected chi connectivity index (χ0v) is 15.8. The van der Waals surface area contributed by atoms with Crippen LogP contribution in [0.3, 0.4) is 0 Å². The number of benzene rings is 3. The summed E-state index contributed by atoms with van der Waals surface area (Å²) < 4.78 is 16.0. The van der Waals surface area contributed by atoms with E-state index < -0.39 is 5.97 Å². The molecule has 0 radical (unpaired) electrons. The number of carbonyl (C=O) groups excluding carboxylic acids is 2. The van der Waals surface area contributed by atoms with Crippen LogP contribution in [0.5, 0.6) is 17.2 Å². The molecule has 0 atom stereocenters. The van der Waals surface area contributed by atoms with Crippen LogP contribution in [0.4, 0.5) is 0 Å². The predicted octanol–water partition coefficient (Wildman–Crippen LogP) is 4.84. The highest BCUT2D eigenvalue weighted by Crippen LogP contribution is 2.32. The number of ether oxygens (including phenoxy) is 3. The molecule has 0 bridgehead atoms. The molecule has 144 valence electrons. The Morgan fingerprint density at radius 2 is 1.55 bits per heavy atom. The summed E-state index contributed by atoms with van der Waals surface area (Å²) in [6.07, 6.45) is 3.21. The van der Waals surface area contributed by atoms with Gasteiger partial charge in [0.1, 0.15) is 5.75 Å². The summed E-state index contributed by atoms with van der Waals surface area (Å²) in [6, 6.07) is 19.1. The molecule has 1 aliphatic heterocycles. The number of carbonyl (C=O) groups is 2. The largest absolute Gasteiger partial charge is 0.454 e. The second kappa shape index (κ2) is 8.02. The van der Waals surface area contributed by atoms with E-state index in [0.717, 1.165) is 11.1 Å². The van der Waals surface area contributed by atoms with Gasteiger partial charge in [0.25, 0.3) is 0 Å². The van der Waals surface area contributed by atoms with Crippen molar-refractivity contribution in [3.63, 3.8) is 0 Å². The molecule has 0 aromatic heterocycles. The molecule has 0 N–H and O–H groups in total. The third-order valence-corrected chi connectivity index (χ3v) is 4.46. The molecule has 29 heavy (non-hydrogen) atoms. The Labute approximate surface area is 168 Å². The first-order chi connectivity index (χ1) is 14.1. The highest BCUT2D eigenvalue weighted by atomic mass is 16.7. The number of hydrogen-bond donors (Lipinski definition) is 0. The molecule has 1 aliphatic rings. The van der Waals surface area contributed by atoms with Gasteiger partial charge in [0.05, 0.1) is 5.56 Å². The second-order valence-electron chi connectivity index (χ2n) is 6.59. The lowest BCUT2D eigenvalue weighted by Crippen LogP contribution is -2.08. The lowest BCUT2D eigenvalue weighted by Gasteiger charge is -2.05. The van der Waals surface area contributed by atoms with Crippen LogP contribution in [-0.4, -0.2) is 18.5 Å². The van der Waals surface area contributed by atoms with Crippen LogP contribution in [0.25, 0.3) is 6.08 Å². The summed E-state index contributed by atoms with van der Waals surface area (Å²) in [7, 11) is 0. The predicted molar refractivity (Wildman–Crippen MR) is 109 cm³/mol. The van der Waals surface area contributed by atoms with Crippen molar-refractivity contribution < 1.29 is 23.8 Å². The lowest BCUT2D eigenvalue weighted by atomic mass is 10.1. The van der Waals surface area contributed by atoms with Crippen LogP contribution in [-0.2, 0) is 0 Å². The van der Waals surface area contributed by atoms with Gasteiger partial charge in [-0.3, -0.25) is 4.79 Å². The zero-order chi connectivity index (χ0) is 20.2. The van der Waals surface area contributed by atoms with E-state index in [1.54, 1.807) is 42.5 Å². The third-order valence-electron chi connectivity index (χ3n) is 4.46. The molecule has 5 heteroatoms. The second-order valence-corrected chi connectivity index (χ2v) is 6.59. The molecule has 0 saturated heterocycles. The molecule has 0 saturated carbocycles. The lowest BCUT2D eigenvalue weighted by molar-refractivity contribution is 0.0734. The molecule has 1 heterocycles. The van der Waals surface area contributed by atoms with Gasteiger partial charge in [0, 0.05) is 5.56 Å². The van der Waals surface area contributed by atoms with Crippen LogP contribution in [0.15, 0.2) is 72.8 Å². The van der Waals surface area contributed by atoms with Gasteiger partial charge in [-0.15, -0.1) is 0 Å². The van der Waals surface area contributed by atoms with E-state index in [1.807, 2.05) is 37.3 Å². The average Bonchev–Trinajstić information content (AvgIpc) is 3.21. The summed E-state index contributed by atoms with van der Waals surface area (Å²) in [4.78, 5) is 24.6. The minimum atomic E-state index is -0.438. The molecule has 0 fully saturated rings.